The Morgan fingerprint density at radius 1 is 1.14 bits per heavy atom. The monoisotopic (exact) mass is 318 g/mol. The lowest BCUT2D eigenvalue weighted by atomic mass is 10.1. The van der Waals surface area contributed by atoms with Crippen LogP contribution in [0.4, 0.5) is 4.39 Å². The van der Waals surface area contributed by atoms with E-state index in [0.29, 0.717) is 12.0 Å². The maximum absolute atomic E-state index is 13.5. The summed E-state index contributed by atoms with van der Waals surface area (Å²) in [5.74, 6) is -0.484. The summed E-state index contributed by atoms with van der Waals surface area (Å²) in [4.78, 5) is 0.0377. The molecule has 2 rings (SSSR count). The smallest absolute Gasteiger partial charge is 0.210 e. The van der Waals surface area contributed by atoms with Crippen molar-refractivity contribution >= 4 is 10.0 Å². The second kappa shape index (κ2) is 7.16. The van der Waals surface area contributed by atoms with Gasteiger partial charge in [-0.25, -0.2) is 17.5 Å². The maximum atomic E-state index is 13.5. The van der Waals surface area contributed by atoms with Crippen molar-refractivity contribution in [1.82, 2.24) is 4.72 Å². The first kappa shape index (κ1) is 16.1. The van der Waals surface area contributed by atoms with Gasteiger partial charge in [0.15, 0.2) is 0 Å². The molecule has 0 saturated heterocycles. The largest absolute Gasteiger partial charge is 0.240 e. The third-order valence-electron chi connectivity index (χ3n) is 3.08. The van der Waals surface area contributed by atoms with Gasteiger partial charge in [0, 0.05) is 13.0 Å². The quantitative estimate of drug-likeness (QED) is 0.832. The molecule has 1 N–H and O–H groups in total. The highest BCUT2D eigenvalue weighted by atomic mass is 32.2. The van der Waals surface area contributed by atoms with Crippen LogP contribution in [0, 0.1) is 17.1 Å². The van der Waals surface area contributed by atoms with Gasteiger partial charge in [-0.3, -0.25) is 0 Å². The number of hydrogen-bond donors (Lipinski definition) is 1. The first-order valence-corrected chi connectivity index (χ1v) is 8.20. The highest BCUT2D eigenvalue weighted by Gasteiger charge is 2.18. The molecule has 2 aromatic carbocycles. The summed E-state index contributed by atoms with van der Waals surface area (Å²) in [6.07, 6.45) is 0.390. The van der Waals surface area contributed by atoms with E-state index >= 15 is 0 Å². The minimum Gasteiger partial charge on any atom is -0.210 e. The zero-order valence-corrected chi connectivity index (χ0v) is 12.6. The van der Waals surface area contributed by atoms with Crippen molar-refractivity contribution in [3.63, 3.8) is 0 Å². The van der Waals surface area contributed by atoms with E-state index in [1.807, 2.05) is 36.4 Å². The molecule has 0 aliphatic carbocycles. The fraction of sp³-hybridized carbons (Fsp3) is 0.188. The Bertz CT molecular complexity index is 784. The van der Waals surface area contributed by atoms with E-state index in [1.54, 1.807) is 0 Å². The number of rotatable bonds is 6. The SMILES string of the molecule is N#CCCNS(=O)(=O)c1ccc(F)cc1Cc1ccccc1. The molecule has 4 nitrogen and oxygen atoms in total. The number of nitrogens with zero attached hydrogens (tertiary/aromatic N) is 1. The summed E-state index contributed by atoms with van der Waals surface area (Å²) in [6, 6.07) is 14.7. The van der Waals surface area contributed by atoms with Gasteiger partial charge < -0.3 is 0 Å². The minimum absolute atomic E-state index is 0.0288. The highest BCUT2D eigenvalue weighted by Crippen LogP contribution is 2.20. The average Bonchev–Trinajstić information content (AvgIpc) is 2.48. The average molecular weight is 318 g/mol. The van der Waals surface area contributed by atoms with Gasteiger partial charge in [-0.2, -0.15) is 5.26 Å². The van der Waals surface area contributed by atoms with Crippen LogP contribution in [-0.4, -0.2) is 15.0 Å². The molecular formula is C16H15FN2O2S. The van der Waals surface area contributed by atoms with Gasteiger partial charge in [0.05, 0.1) is 11.0 Å². The molecule has 0 bridgehead atoms. The Balaban J connectivity index is 2.34. The van der Waals surface area contributed by atoms with E-state index in [4.69, 9.17) is 5.26 Å². The molecular weight excluding hydrogens is 303 g/mol. The van der Waals surface area contributed by atoms with Crippen LogP contribution in [0.2, 0.25) is 0 Å². The second-order valence-electron chi connectivity index (χ2n) is 4.72. The second-order valence-corrected chi connectivity index (χ2v) is 6.46. The lowest BCUT2D eigenvalue weighted by molar-refractivity contribution is 0.580. The lowest BCUT2D eigenvalue weighted by Crippen LogP contribution is -2.25. The minimum atomic E-state index is -3.77. The van der Waals surface area contributed by atoms with Gasteiger partial charge in [0.25, 0.3) is 0 Å². The number of sulfonamides is 1. The van der Waals surface area contributed by atoms with Gasteiger partial charge in [-0.05, 0) is 35.7 Å². The summed E-state index contributed by atoms with van der Waals surface area (Å²) in [5, 5.41) is 8.49. The van der Waals surface area contributed by atoms with Crippen LogP contribution >= 0.6 is 0 Å². The number of nitrogens with one attached hydrogen (secondary N) is 1. The number of halogens is 1. The van der Waals surface area contributed by atoms with Crippen molar-refractivity contribution in [3.05, 3.63) is 65.5 Å². The predicted octanol–water partition coefficient (Wildman–Crippen LogP) is 2.61. The number of nitriles is 1. The van der Waals surface area contributed by atoms with E-state index in [9.17, 15) is 12.8 Å². The van der Waals surface area contributed by atoms with E-state index in [1.165, 1.54) is 12.1 Å². The van der Waals surface area contributed by atoms with Crippen LogP contribution in [0.1, 0.15) is 17.5 Å². The molecule has 0 spiro atoms. The molecule has 0 heterocycles. The summed E-state index contributed by atoms with van der Waals surface area (Å²) in [7, 11) is -3.77. The third kappa shape index (κ3) is 4.13. The Hall–Kier alpha value is -2.23. The predicted molar refractivity (Wildman–Crippen MR) is 81.1 cm³/mol. The number of benzene rings is 2. The first-order chi connectivity index (χ1) is 10.5. The van der Waals surface area contributed by atoms with Crippen LogP contribution in [0.3, 0.4) is 0 Å². The van der Waals surface area contributed by atoms with Gasteiger partial charge in [-0.1, -0.05) is 30.3 Å². The highest BCUT2D eigenvalue weighted by molar-refractivity contribution is 7.89. The molecule has 0 fully saturated rings. The van der Waals surface area contributed by atoms with Crippen molar-refractivity contribution in [1.29, 1.82) is 5.26 Å². The van der Waals surface area contributed by atoms with Crippen LogP contribution in [0.25, 0.3) is 0 Å². The summed E-state index contributed by atoms with van der Waals surface area (Å²) in [5.41, 5.74) is 1.28. The van der Waals surface area contributed by atoms with Crippen LogP contribution in [0.15, 0.2) is 53.4 Å². The van der Waals surface area contributed by atoms with Crippen molar-refractivity contribution in [2.75, 3.05) is 6.54 Å². The molecule has 0 amide bonds. The summed E-state index contributed by atoms with van der Waals surface area (Å²) >= 11 is 0. The van der Waals surface area contributed by atoms with Crippen molar-refractivity contribution < 1.29 is 12.8 Å². The number of hydrogen-bond acceptors (Lipinski definition) is 3. The zero-order valence-electron chi connectivity index (χ0n) is 11.8. The maximum Gasteiger partial charge on any atom is 0.240 e. The Labute approximate surface area is 129 Å². The molecule has 114 valence electrons. The fourth-order valence-electron chi connectivity index (χ4n) is 2.08. The molecule has 0 aliphatic heterocycles. The molecule has 0 aliphatic rings. The standard InChI is InChI=1S/C16H15FN2O2S/c17-15-7-8-16(22(20,21)19-10-4-9-18)14(12-15)11-13-5-2-1-3-6-13/h1-3,5-8,12,19H,4,10-11H2. The van der Waals surface area contributed by atoms with Crippen LogP contribution in [0.5, 0.6) is 0 Å². The molecule has 0 atom stereocenters. The third-order valence-corrected chi connectivity index (χ3v) is 4.64. The lowest BCUT2D eigenvalue weighted by Gasteiger charge is -2.11. The first-order valence-electron chi connectivity index (χ1n) is 6.72. The topological polar surface area (TPSA) is 70.0 Å². The molecule has 0 saturated carbocycles. The summed E-state index contributed by atoms with van der Waals surface area (Å²) in [6.45, 7) is 0.0288. The van der Waals surface area contributed by atoms with E-state index in [-0.39, 0.29) is 17.9 Å². The van der Waals surface area contributed by atoms with E-state index < -0.39 is 15.8 Å². The Morgan fingerprint density at radius 3 is 2.55 bits per heavy atom. The van der Waals surface area contributed by atoms with E-state index in [0.717, 1.165) is 11.6 Å². The van der Waals surface area contributed by atoms with Crippen molar-refractivity contribution in [3.8, 4) is 6.07 Å². The van der Waals surface area contributed by atoms with Crippen LogP contribution in [-0.2, 0) is 16.4 Å². The van der Waals surface area contributed by atoms with Crippen molar-refractivity contribution in [2.45, 2.75) is 17.7 Å². The molecule has 6 heteroatoms. The molecule has 0 radical (unpaired) electrons. The fourth-order valence-corrected chi connectivity index (χ4v) is 3.33. The van der Waals surface area contributed by atoms with Crippen LogP contribution < -0.4 is 4.72 Å². The summed E-state index contributed by atoms with van der Waals surface area (Å²) < 4.78 is 40.4. The van der Waals surface area contributed by atoms with Gasteiger partial charge >= 0.3 is 0 Å². The zero-order chi connectivity index (χ0) is 16.0. The van der Waals surface area contributed by atoms with Gasteiger partial charge in [-0.15, -0.1) is 0 Å². The van der Waals surface area contributed by atoms with Gasteiger partial charge in [0.1, 0.15) is 5.82 Å². The Morgan fingerprint density at radius 2 is 1.86 bits per heavy atom. The van der Waals surface area contributed by atoms with Crippen molar-refractivity contribution in [2.24, 2.45) is 0 Å². The normalized spacial score (nSPS) is 11.1. The molecule has 0 unspecified atom stereocenters. The Kier molecular flexibility index (Phi) is 5.26. The van der Waals surface area contributed by atoms with E-state index in [2.05, 4.69) is 4.72 Å². The molecule has 0 aromatic heterocycles. The van der Waals surface area contributed by atoms with Gasteiger partial charge in [0.2, 0.25) is 10.0 Å². The molecule has 22 heavy (non-hydrogen) atoms. The molecule has 2 aromatic rings.